The van der Waals surface area contributed by atoms with Gasteiger partial charge in [0.2, 0.25) is 5.28 Å². The summed E-state index contributed by atoms with van der Waals surface area (Å²) in [7, 11) is 0. The lowest BCUT2D eigenvalue weighted by molar-refractivity contribution is -0.165. The zero-order chi connectivity index (χ0) is 24.6. The van der Waals surface area contributed by atoms with Crippen molar-refractivity contribution in [2.24, 2.45) is 0 Å². The van der Waals surface area contributed by atoms with Crippen molar-refractivity contribution in [3.63, 3.8) is 0 Å². The Hall–Kier alpha value is -3.29. The maximum absolute atomic E-state index is 11.9. The van der Waals surface area contributed by atoms with Gasteiger partial charge < -0.3 is 23.5 Å². The monoisotopic (exact) mass is 513 g/mol. The van der Waals surface area contributed by atoms with Gasteiger partial charge in [-0.1, -0.05) is 16.8 Å². The van der Waals surface area contributed by atoms with Gasteiger partial charge >= 0.3 is 17.9 Å². The molecular weight excluding hydrogens is 497 g/mol. The SMILES string of the molecule is CC(=O)OCc1cc([C@H]2O[C@@H](n3cnc4c(Cl)nc(Cl)nc43)[C@H](OC(C)=O)[C@@H]2OC(C)=O)on1. The van der Waals surface area contributed by atoms with Crippen LogP contribution in [0.15, 0.2) is 16.9 Å². The van der Waals surface area contributed by atoms with Crippen molar-refractivity contribution in [3.05, 3.63) is 34.3 Å². The number of aromatic nitrogens is 5. The molecule has 0 spiro atoms. The summed E-state index contributed by atoms with van der Waals surface area (Å²) in [5.74, 6) is -1.66. The Kier molecular flexibility index (Phi) is 6.68. The van der Waals surface area contributed by atoms with E-state index in [2.05, 4.69) is 20.1 Å². The van der Waals surface area contributed by atoms with Crippen LogP contribution in [-0.2, 0) is 39.9 Å². The maximum Gasteiger partial charge on any atom is 0.303 e. The number of hydrogen-bond acceptors (Lipinski definition) is 12. The van der Waals surface area contributed by atoms with E-state index < -0.39 is 42.4 Å². The molecule has 0 amide bonds. The number of carbonyl (C=O) groups excluding carboxylic acids is 3. The Morgan fingerprint density at radius 1 is 1.06 bits per heavy atom. The standard InChI is InChI=1S/C19H17Cl2N5O8/c1-7(27)30-5-10-4-11(34-25-10)13-14(31-8(2)28)15(32-9(3)29)18(33-13)26-6-22-12-16(20)23-19(21)24-17(12)26/h4,6,13-15,18H,5H2,1-3H3/t13-,14-,15-,18-/m1/s1. The molecule has 1 saturated heterocycles. The molecule has 0 aromatic carbocycles. The first kappa shape index (κ1) is 23.9. The van der Waals surface area contributed by atoms with Crippen molar-refractivity contribution >= 4 is 52.3 Å². The van der Waals surface area contributed by atoms with E-state index in [0.29, 0.717) is 5.69 Å². The summed E-state index contributed by atoms with van der Waals surface area (Å²) in [6.07, 6.45) is -3.05. The second-order valence-corrected chi connectivity index (χ2v) is 7.90. The molecule has 180 valence electrons. The number of ether oxygens (including phenoxy) is 4. The van der Waals surface area contributed by atoms with Gasteiger partial charge in [-0.2, -0.15) is 4.98 Å². The summed E-state index contributed by atoms with van der Waals surface area (Å²) in [5, 5.41) is 3.71. The fourth-order valence-corrected chi connectivity index (χ4v) is 3.90. The summed E-state index contributed by atoms with van der Waals surface area (Å²) in [4.78, 5) is 47.1. The van der Waals surface area contributed by atoms with Crippen LogP contribution >= 0.6 is 23.2 Å². The molecule has 0 saturated carbocycles. The van der Waals surface area contributed by atoms with Gasteiger partial charge in [-0.15, -0.1) is 0 Å². The third-order valence-corrected chi connectivity index (χ3v) is 5.13. The predicted molar refractivity (Wildman–Crippen MR) is 111 cm³/mol. The maximum atomic E-state index is 11.9. The van der Waals surface area contributed by atoms with Crippen molar-refractivity contribution < 1.29 is 37.9 Å². The molecular formula is C19H17Cl2N5O8. The lowest BCUT2D eigenvalue weighted by Gasteiger charge is -2.23. The number of rotatable bonds is 6. The van der Waals surface area contributed by atoms with E-state index >= 15 is 0 Å². The minimum absolute atomic E-state index is 0.00853. The first-order valence-electron chi connectivity index (χ1n) is 9.78. The highest BCUT2D eigenvalue weighted by Gasteiger charge is 2.52. The molecule has 0 N–H and O–H groups in total. The fraction of sp³-hybridized carbons (Fsp3) is 0.421. The van der Waals surface area contributed by atoms with E-state index in [-0.39, 0.29) is 34.0 Å². The highest BCUT2D eigenvalue weighted by Crippen LogP contribution is 2.43. The Labute approximate surface area is 201 Å². The first-order chi connectivity index (χ1) is 16.1. The summed E-state index contributed by atoms with van der Waals surface area (Å²) >= 11 is 12.1. The molecule has 13 nitrogen and oxygen atoms in total. The molecule has 1 aliphatic heterocycles. The molecule has 3 aromatic heterocycles. The van der Waals surface area contributed by atoms with E-state index in [4.69, 9.17) is 46.7 Å². The van der Waals surface area contributed by atoms with Gasteiger partial charge in [0.1, 0.15) is 17.8 Å². The second kappa shape index (κ2) is 9.52. The van der Waals surface area contributed by atoms with Crippen LogP contribution in [0.5, 0.6) is 0 Å². The van der Waals surface area contributed by atoms with E-state index in [1.165, 1.54) is 37.7 Å². The number of imidazole rings is 1. The molecule has 1 aliphatic rings. The Balaban J connectivity index is 1.75. The minimum atomic E-state index is -1.14. The van der Waals surface area contributed by atoms with Crippen molar-refractivity contribution in [1.29, 1.82) is 0 Å². The molecule has 3 aromatic rings. The molecule has 1 fully saturated rings. The van der Waals surface area contributed by atoms with Crippen LogP contribution in [-0.4, -0.2) is 54.8 Å². The van der Waals surface area contributed by atoms with E-state index in [1.54, 1.807) is 0 Å². The Morgan fingerprint density at radius 3 is 2.44 bits per heavy atom. The molecule has 0 unspecified atom stereocenters. The Bertz CT molecular complexity index is 1260. The molecule has 34 heavy (non-hydrogen) atoms. The lowest BCUT2D eigenvalue weighted by atomic mass is 10.1. The number of esters is 3. The zero-order valence-corrected chi connectivity index (χ0v) is 19.4. The van der Waals surface area contributed by atoms with Crippen LogP contribution < -0.4 is 0 Å². The lowest BCUT2D eigenvalue weighted by Crippen LogP contribution is -2.36. The Morgan fingerprint density at radius 2 is 1.76 bits per heavy atom. The number of carbonyl (C=O) groups is 3. The normalized spacial score (nSPS) is 22.0. The van der Waals surface area contributed by atoms with Crippen LogP contribution in [0.2, 0.25) is 10.4 Å². The summed E-state index contributed by atoms with van der Waals surface area (Å²) in [6, 6.07) is 1.47. The molecule has 0 bridgehead atoms. The van der Waals surface area contributed by atoms with Crippen LogP contribution in [0.3, 0.4) is 0 Å². The van der Waals surface area contributed by atoms with E-state index in [9.17, 15) is 14.4 Å². The first-order valence-corrected chi connectivity index (χ1v) is 10.5. The van der Waals surface area contributed by atoms with Crippen molar-refractivity contribution in [3.8, 4) is 0 Å². The van der Waals surface area contributed by atoms with Gasteiger partial charge in [0.15, 0.2) is 41.1 Å². The van der Waals surface area contributed by atoms with E-state index in [0.717, 1.165) is 0 Å². The summed E-state index contributed by atoms with van der Waals surface area (Å²) in [5.41, 5.74) is 0.719. The van der Waals surface area contributed by atoms with Gasteiger partial charge in [-0.3, -0.25) is 19.0 Å². The van der Waals surface area contributed by atoms with Crippen molar-refractivity contribution in [1.82, 2.24) is 24.7 Å². The minimum Gasteiger partial charge on any atom is -0.459 e. The summed E-state index contributed by atoms with van der Waals surface area (Å²) < 4.78 is 28.7. The molecule has 4 heterocycles. The van der Waals surface area contributed by atoms with Crippen LogP contribution in [0.4, 0.5) is 0 Å². The van der Waals surface area contributed by atoms with Crippen LogP contribution in [0.1, 0.15) is 44.6 Å². The van der Waals surface area contributed by atoms with Gasteiger partial charge in [0.25, 0.3) is 0 Å². The molecule has 4 rings (SSSR count). The van der Waals surface area contributed by atoms with Gasteiger partial charge in [-0.05, 0) is 11.6 Å². The van der Waals surface area contributed by atoms with Gasteiger partial charge in [-0.25, -0.2) is 9.97 Å². The van der Waals surface area contributed by atoms with Gasteiger partial charge in [0.05, 0.1) is 6.33 Å². The number of nitrogens with zero attached hydrogens (tertiary/aromatic N) is 5. The zero-order valence-electron chi connectivity index (χ0n) is 17.9. The van der Waals surface area contributed by atoms with Crippen LogP contribution in [0, 0.1) is 0 Å². The number of fused-ring (bicyclic) bond motifs is 1. The molecule has 0 aliphatic carbocycles. The smallest absolute Gasteiger partial charge is 0.303 e. The fourth-order valence-electron chi connectivity index (χ4n) is 3.48. The van der Waals surface area contributed by atoms with Crippen molar-refractivity contribution in [2.75, 3.05) is 0 Å². The van der Waals surface area contributed by atoms with Gasteiger partial charge in [0, 0.05) is 26.8 Å². The molecule has 4 atom stereocenters. The quantitative estimate of drug-likeness (QED) is 0.205. The van der Waals surface area contributed by atoms with Crippen molar-refractivity contribution in [2.45, 2.75) is 51.9 Å². The third-order valence-electron chi connectivity index (χ3n) is 4.70. The second-order valence-electron chi connectivity index (χ2n) is 7.20. The van der Waals surface area contributed by atoms with E-state index in [1.807, 2.05) is 0 Å². The average molecular weight is 514 g/mol. The number of halogens is 2. The predicted octanol–water partition coefficient (Wildman–Crippen LogP) is 2.32. The highest BCUT2D eigenvalue weighted by molar-refractivity contribution is 6.35. The number of hydrogen-bond donors (Lipinski definition) is 0. The van der Waals surface area contributed by atoms with Crippen LogP contribution in [0.25, 0.3) is 11.2 Å². The third kappa shape index (κ3) is 4.81. The summed E-state index contributed by atoms with van der Waals surface area (Å²) in [6.45, 7) is 3.51. The largest absolute Gasteiger partial charge is 0.459 e. The molecule has 0 radical (unpaired) electrons. The topological polar surface area (TPSA) is 158 Å². The molecule has 15 heteroatoms. The average Bonchev–Trinajstić information content (AvgIpc) is 3.44. The highest BCUT2D eigenvalue weighted by atomic mass is 35.5.